The van der Waals surface area contributed by atoms with Crippen LogP contribution in [0.5, 0.6) is 28.7 Å². The molecule has 7 rings (SSSR count). The lowest BCUT2D eigenvalue weighted by atomic mass is 9.58. The highest BCUT2D eigenvalue weighted by Crippen LogP contribution is 2.48. The van der Waals surface area contributed by atoms with Crippen LogP contribution in [0.25, 0.3) is 22.9 Å². The molecule has 8 heteroatoms. The average molecular weight is 656 g/mol. The van der Waals surface area contributed by atoms with Crippen LogP contribution in [0.1, 0.15) is 47.1 Å². The number of aliphatic imine (C=N–C) groups is 2. The predicted molar refractivity (Wildman–Crippen MR) is 196 cm³/mol. The van der Waals surface area contributed by atoms with E-state index in [1.165, 1.54) is 36.6 Å². The lowest BCUT2D eigenvalue weighted by Gasteiger charge is -2.47. The standard InChI is InChI=1S/C41H41N3O5/c45-34-19-16-27(21-36(34)47)15-17-30-31-7-3-9-35(46)38(31)40(49)39(48)32(30)18-14-26-10-12-28(13-11-26)22-42-24-41(37-23-43-25-44-37)20-4-6-29-5-1-2-8-33(29)41/h1-3,5,7-13,15-17,19,21,23,29,33,42,45-49H,4,6,14,18,20,22,24-25H2. The highest BCUT2D eigenvalue weighted by molar-refractivity contribution is 6.34. The number of aromatic hydroxyl groups is 5. The fourth-order valence-corrected chi connectivity index (χ4v) is 7.86. The number of nitrogens with one attached hydrogen (secondary N) is 1. The minimum absolute atomic E-state index is 0.0663. The number of benzene rings is 4. The SMILES string of the molecule is Oc1ccc(C=Cc2c(CCc3ccc(CNCC4(C5=NCN=C5)CCCC5C=CC=CC54)cc3)c(O)c(O)c3c(O)cccc23)cc1O. The predicted octanol–water partition coefficient (Wildman–Crippen LogP) is 7.42. The van der Waals surface area contributed by atoms with Gasteiger partial charge in [0.25, 0.3) is 0 Å². The van der Waals surface area contributed by atoms with Gasteiger partial charge in [0.15, 0.2) is 23.0 Å². The van der Waals surface area contributed by atoms with Gasteiger partial charge in [-0.05, 0) is 83.4 Å². The summed E-state index contributed by atoms with van der Waals surface area (Å²) < 4.78 is 0. The fraction of sp³-hybridized carbons (Fsp3) is 0.268. The van der Waals surface area contributed by atoms with Gasteiger partial charge in [-0.3, -0.25) is 9.98 Å². The zero-order valence-electron chi connectivity index (χ0n) is 27.3. The Morgan fingerprint density at radius 2 is 1.63 bits per heavy atom. The summed E-state index contributed by atoms with van der Waals surface area (Å²) in [5.74, 6) is -0.287. The smallest absolute Gasteiger partial charge is 0.169 e. The Morgan fingerprint density at radius 3 is 2.43 bits per heavy atom. The minimum atomic E-state index is -0.361. The zero-order chi connectivity index (χ0) is 34.0. The molecular formula is C41H41N3O5. The number of rotatable bonds is 10. The van der Waals surface area contributed by atoms with Crippen LogP contribution in [-0.2, 0) is 19.4 Å². The topological polar surface area (TPSA) is 138 Å². The third kappa shape index (κ3) is 6.32. The summed E-state index contributed by atoms with van der Waals surface area (Å²) >= 11 is 0. The molecule has 3 atom stereocenters. The van der Waals surface area contributed by atoms with E-state index < -0.39 is 0 Å². The second kappa shape index (κ2) is 13.6. The van der Waals surface area contributed by atoms with Gasteiger partial charge >= 0.3 is 0 Å². The van der Waals surface area contributed by atoms with Crippen molar-refractivity contribution in [2.75, 3.05) is 13.2 Å². The van der Waals surface area contributed by atoms with E-state index in [1.54, 1.807) is 30.4 Å². The zero-order valence-corrected chi connectivity index (χ0v) is 27.3. The maximum atomic E-state index is 11.2. The molecule has 3 aliphatic rings. The molecule has 0 radical (unpaired) electrons. The van der Waals surface area contributed by atoms with Crippen molar-refractivity contribution >= 4 is 34.9 Å². The average Bonchev–Trinajstić information content (AvgIpc) is 3.67. The van der Waals surface area contributed by atoms with Crippen LogP contribution in [0.15, 0.2) is 95.0 Å². The van der Waals surface area contributed by atoms with Crippen molar-refractivity contribution < 1.29 is 25.5 Å². The second-order valence-electron chi connectivity index (χ2n) is 13.3. The molecule has 3 unspecified atom stereocenters. The highest BCUT2D eigenvalue weighted by atomic mass is 16.3. The molecule has 1 fully saturated rings. The normalized spacial score (nSPS) is 21.4. The van der Waals surface area contributed by atoms with Crippen molar-refractivity contribution in [2.24, 2.45) is 27.2 Å². The molecule has 6 N–H and O–H groups in total. The van der Waals surface area contributed by atoms with E-state index in [0.717, 1.165) is 30.8 Å². The Labute approximate surface area is 285 Å². The first-order valence-corrected chi connectivity index (χ1v) is 16.9. The van der Waals surface area contributed by atoms with E-state index >= 15 is 0 Å². The van der Waals surface area contributed by atoms with E-state index in [1.807, 2.05) is 6.21 Å². The summed E-state index contributed by atoms with van der Waals surface area (Å²) in [5, 5.41) is 56.9. The van der Waals surface area contributed by atoms with Crippen molar-refractivity contribution in [3.63, 3.8) is 0 Å². The first kappa shape index (κ1) is 32.2. The molecule has 1 aliphatic heterocycles. The summed E-state index contributed by atoms with van der Waals surface area (Å²) in [6.45, 7) is 2.09. The van der Waals surface area contributed by atoms with Gasteiger partial charge in [0.05, 0.1) is 11.1 Å². The van der Waals surface area contributed by atoms with Crippen molar-refractivity contribution in [2.45, 2.75) is 38.6 Å². The quantitative estimate of drug-likeness (QED) is 0.0777. The third-order valence-corrected chi connectivity index (χ3v) is 10.4. The van der Waals surface area contributed by atoms with Gasteiger partial charge in [0, 0.05) is 30.3 Å². The van der Waals surface area contributed by atoms with Gasteiger partial charge in [-0.25, -0.2) is 0 Å². The van der Waals surface area contributed by atoms with Gasteiger partial charge < -0.3 is 30.8 Å². The summed E-state index contributed by atoms with van der Waals surface area (Å²) in [5.41, 5.74) is 5.14. The Morgan fingerprint density at radius 1 is 0.816 bits per heavy atom. The monoisotopic (exact) mass is 655 g/mol. The first-order chi connectivity index (χ1) is 23.8. The Hall–Kier alpha value is -5.34. The minimum Gasteiger partial charge on any atom is -0.507 e. The van der Waals surface area contributed by atoms with E-state index in [0.29, 0.717) is 53.4 Å². The molecule has 0 bridgehead atoms. The van der Waals surface area contributed by atoms with Crippen LogP contribution in [0.3, 0.4) is 0 Å². The summed E-state index contributed by atoms with van der Waals surface area (Å²) in [6.07, 6.45) is 19.1. The summed E-state index contributed by atoms with van der Waals surface area (Å²) in [7, 11) is 0. The first-order valence-electron chi connectivity index (χ1n) is 16.9. The van der Waals surface area contributed by atoms with Gasteiger partial charge in [-0.15, -0.1) is 0 Å². The number of phenolic OH excluding ortho intramolecular Hbond substituents is 5. The molecule has 1 saturated carbocycles. The summed E-state index contributed by atoms with van der Waals surface area (Å²) in [4.78, 5) is 9.25. The molecule has 0 aromatic heterocycles. The third-order valence-electron chi connectivity index (χ3n) is 10.4. The van der Waals surface area contributed by atoms with Crippen LogP contribution in [0.4, 0.5) is 0 Å². The maximum Gasteiger partial charge on any atom is 0.169 e. The van der Waals surface area contributed by atoms with E-state index in [2.05, 4.69) is 58.9 Å². The molecule has 49 heavy (non-hydrogen) atoms. The number of nitrogens with zero attached hydrogens (tertiary/aromatic N) is 2. The molecule has 4 aromatic carbocycles. The maximum absolute atomic E-state index is 11.2. The van der Waals surface area contributed by atoms with E-state index in [4.69, 9.17) is 4.99 Å². The lowest BCUT2D eigenvalue weighted by molar-refractivity contribution is 0.166. The van der Waals surface area contributed by atoms with Crippen LogP contribution in [0, 0.1) is 17.3 Å². The number of allylic oxidation sites excluding steroid dienone is 4. The molecule has 1 heterocycles. The van der Waals surface area contributed by atoms with Gasteiger partial charge in [0.1, 0.15) is 12.4 Å². The van der Waals surface area contributed by atoms with Gasteiger partial charge in [0.2, 0.25) is 0 Å². The Bertz CT molecular complexity index is 2030. The van der Waals surface area contributed by atoms with Crippen LogP contribution in [-0.4, -0.2) is 50.7 Å². The highest BCUT2D eigenvalue weighted by Gasteiger charge is 2.47. The van der Waals surface area contributed by atoms with Crippen LogP contribution < -0.4 is 5.32 Å². The van der Waals surface area contributed by atoms with Crippen molar-refractivity contribution in [1.82, 2.24) is 5.32 Å². The molecule has 8 nitrogen and oxygen atoms in total. The molecule has 0 spiro atoms. The number of phenols is 5. The summed E-state index contributed by atoms with van der Waals surface area (Å²) in [6, 6.07) is 17.9. The van der Waals surface area contributed by atoms with Gasteiger partial charge in [-0.2, -0.15) is 0 Å². The lowest BCUT2D eigenvalue weighted by Crippen LogP contribution is -2.50. The Balaban J connectivity index is 1.08. The molecule has 0 saturated heterocycles. The largest absolute Gasteiger partial charge is 0.507 e. The molecular weight excluding hydrogens is 614 g/mol. The molecule has 4 aromatic rings. The second-order valence-corrected chi connectivity index (χ2v) is 13.3. The number of aryl methyl sites for hydroxylation is 1. The number of hydrogen-bond acceptors (Lipinski definition) is 8. The van der Waals surface area contributed by atoms with Crippen molar-refractivity contribution in [1.29, 1.82) is 0 Å². The van der Waals surface area contributed by atoms with Crippen molar-refractivity contribution in [3.05, 3.63) is 113 Å². The van der Waals surface area contributed by atoms with E-state index in [9.17, 15) is 25.5 Å². The Kier molecular flexibility index (Phi) is 8.97. The number of hydrogen-bond donors (Lipinski definition) is 6. The van der Waals surface area contributed by atoms with Crippen LogP contribution >= 0.6 is 0 Å². The fourth-order valence-electron chi connectivity index (χ4n) is 7.86. The molecule has 250 valence electrons. The van der Waals surface area contributed by atoms with Crippen LogP contribution in [0.2, 0.25) is 0 Å². The molecule has 2 aliphatic carbocycles. The van der Waals surface area contributed by atoms with E-state index in [-0.39, 0.29) is 39.5 Å². The number of fused-ring (bicyclic) bond motifs is 2. The van der Waals surface area contributed by atoms with Crippen molar-refractivity contribution in [3.8, 4) is 28.7 Å². The van der Waals surface area contributed by atoms with Gasteiger partial charge in [-0.1, -0.05) is 85.3 Å². The molecule has 0 amide bonds.